The van der Waals surface area contributed by atoms with Crippen LogP contribution in [-0.2, 0) is 10.8 Å². The van der Waals surface area contributed by atoms with E-state index in [0.29, 0.717) is 5.41 Å². The molecule has 8 aliphatic carbocycles. The van der Waals surface area contributed by atoms with Crippen molar-refractivity contribution in [2.24, 2.45) is 35.5 Å². The lowest BCUT2D eigenvalue weighted by Gasteiger charge is -2.57. The Bertz CT molecular complexity index is 3570. The van der Waals surface area contributed by atoms with Gasteiger partial charge < -0.3 is 9.38 Å². The van der Waals surface area contributed by atoms with Crippen LogP contribution >= 0.6 is 0 Å². The Morgan fingerprint density at radius 3 is 1.64 bits per heavy atom. The van der Waals surface area contributed by atoms with Gasteiger partial charge in [0.2, 0.25) is 0 Å². The fourth-order valence-corrected chi connectivity index (χ4v) is 18.4. The normalized spacial score (nSPS) is 28.5. The smallest absolute Gasteiger partial charge is 0.333 e. The van der Waals surface area contributed by atoms with Crippen LogP contribution in [-0.4, -0.2) is 11.4 Å². The summed E-state index contributed by atoms with van der Waals surface area (Å²) in [6.07, 6.45) is 17.1. The monoisotopic (exact) mass is 888 g/mol. The quantitative estimate of drug-likeness (QED) is 0.156. The number of benzene rings is 8. The molecule has 2 aliphatic heterocycles. The first-order valence-corrected chi connectivity index (χ1v) is 26.9. The summed E-state index contributed by atoms with van der Waals surface area (Å²) in [5, 5.41) is 5.60. The number of nitrogens with zero attached hydrogens (tertiary/aromatic N) is 2. The standard InChI is InChI=1S/C66H57BN2/c1-3-9-46(10-4-1)48-15-19-53(20-16-48)69-60-21-17-49-13-7-8-14-54(49)62(60)57-29-50(47-11-5-2-6-12-47)30-61-63(57)67(69)58-33-52(66-37-43-26-44(38-66)28-45(27-43)39-66)32-56-55-31-51(18-22-59(55)68(61)64(56)58)65-34-40-23-41(35-65)25-42(24-40)36-65/h1-22,29-33,40-45H,23-28,34-39H2. The van der Waals surface area contributed by atoms with Gasteiger partial charge in [0, 0.05) is 33.4 Å². The van der Waals surface area contributed by atoms with Crippen molar-refractivity contribution >= 4 is 61.7 Å². The summed E-state index contributed by atoms with van der Waals surface area (Å²) in [7, 11) is 0. The molecule has 0 amide bonds. The Balaban J connectivity index is 0.990. The van der Waals surface area contributed by atoms with E-state index in [1.54, 1.807) is 11.1 Å². The van der Waals surface area contributed by atoms with E-state index in [1.165, 1.54) is 171 Å². The maximum atomic E-state index is 2.81. The predicted octanol–water partition coefficient (Wildman–Crippen LogP) is 15.4. The fourth-order valence-electron chi connectivity index (χ4n) is 18.4. The van der Waals surface area contributed by atoms with Crippen molar-refractivity contribution in [2.75, 3.05) is 4.81 Å². The summed E-state index contributed by atoms with van der Waals surface area (Å²) in [5.74, 6) is 5.39. The minimum atomic E-state index is -0.00754. The topological polar surface area (TPSA) is 8.17 Å². The molecule has 3 heteroatoms. The van der Waals surface area contributed by atoms with Crippen molar-refractivity contribution in [3.05, 3.63) is 175 Å². The van der Waals surface area contributed by atoms with Crippen molar-refractivity contribution in [3.63, 3.8) is 0 Å². The van der Waals surface area contributed by atoms with Crippen LogP contribution in [0, 0.1) is 35.5 Å². The highest BCUT2D eigenvalue weighted by atomic mass is 15.1. The maximum absolute atomic E-state index is 2.81. The molecule has 0 unspecified atom stereocenters. The average Bonchev–Trinajstić information content (AvgIpc) is 3.71. The van der Waals surface area contributed by atoms with E-state index in [-0.39, 0.29) is 12.3 Å². The highest BCUT2D eigenvalue weighted by molar-refractivity contribution is 6.93. The molecule has 3 heterocycles. The number of hydrogen-bond acceptors (Lipinski definition) is 1. The SMILES string of the molecule is c1ccc(-c2ccc(N3B4c5c(cc(-c6ccccc6)cc5-n5c6ccc(C78CC9CC(CC(C9)C7)C8)cc6c6cc(C78CC9CC(CC(C9)C7)C8)cc4c65)-c4c3ccc3ccccc43)cc2)cc1. The molecule has 0 N–H and O–H groups in total. The van der Waals surface area contributed by atoms with E-state index in [1.807, 2.05) is 0 Å². The van der Waals surface area contributed by atoms with E-state index in [2.05, 4.69) is 173 Å². The Kier molecular flexibility index (Phi) is 7.66. The van der Waals surface area contributed by atoms with Gasteiger partial charge in [0.1, 0.15) is 0 Å². The van der Waals surface area contributed by atoms with Crippen LogP contribution in [0.1, 0.15) is 88.2 Å². The third-order valence-electron chi connectivity index (χ3n) is 20.2. The fraction of sp³-hybridized carbons (Fsp3) is 0.303. The lowest BCUT2D eigenvalue weighted by molar-refractivity contribution is -0.00526. The first-order valence-electron chi connectivity index (χ1n) is 26.9. The van der Waals surface area contributed by atoms with Crippen molar-refractivity contribution in [3.8, 4) is 39.1 Å². The number of aromatic nitrogens is 1. The predicted molar refractivity (Wildman–Crippen MR) is 288 cm³/mol. The molecule has 2 nitrogen and oxygen atoms in total. The van der Waals surface area contributed by atoms with Crippen molar-refractivity contribution in [2.45, 2.75) is 87.9 Å². The Labute approximate surface area is 406 Å². The van der Waals surface area contributed by atoms with E-state index in [4.69, 9.17) is 0 Å². The van der Waals surface area contributed by atoms with Gasteiger partial charge in [-0.05, 0) is 233 Å². The maximum Gasteiger partial charge on any atom is 0.333 e. The Hall–Kier alpha value is -6.32. The second-order valence-electron chi connectivity index (χ2n) is 24.1. The van der Waals surface area contributed by atoms with Crippen LogP contribution in [0.4, 0.5) is 11.4 Å². The summed E-state index contributed by atoms with van der Waals surface area (Å²) in [6.45, 7) is -0.00754. The molecule has 9 aromatic rings. The van der Waals surface area contributed by atoms with Crippen LogP contribution in [0.3, 0.4) is 0 Å². The number of hydrogen-bond donors (Lipinski definition) is 0. The van der Waals surface area contributed by atoms with E-state index in [0.717, 1.165) is 35.5 Å². The molecule has 8 fully saturated rings. The number of anilines is 2. The molecule has 0 atom stereocenters. The molecule has 0 spiro atoms. The molecule has 334 valence electrons. The van der Waals surface area contributed by atoms with Crippen LogP contribution in [0.25, 0.3) is 71.6 Å². The van der Waals surface area contributed by atoms with Crippen molar-refractivity contribution in [1.29, 1.82) is 0 Å². The van der Waals surface area contributed by atoms with Crippen LogP contribution in [0.15, 0.2) is 164 Å². The first-order chi connectivity index (χ1) is 34.0. The van der Waals surface area contributed by atoms with Gasteiger partial charge in [0.05, 0.1) is 11.0 Å². The molecule has 0 saturated heterocycles. The van der Waals surface area contributed by atoms with Gasteiger partial charge >= 0.3 is 6.85 Å². The lowest BCUT2D eigenvalue weighted by atomic mass is 9.42. The summed E-state index contributed by atoms with van der Waals surface area (Å²) in [4.78, 5) is 2.78. The average molecular weight is 889 g/mol. The Morgan fingerprint density at radius 1 is 0.420 bits per heavy atom. The van der Waals surface area contributed by atoms with E-state index in [9.17, 15) is 0 Å². The second-order valence-corrected chi connectivity index (χ2v) is 24.1. The third kappa shape index (κ3) is 5.35. The molecule has 19 rings (SSSR count). The van der Waals surface area contributed by atoms with Gasteiger partial charge in [-0.3, -0.25) is 0 Å². The zero-order chi connectivity index (χ0) is 44.7. The van der Waals surface area contributed by atoms with Gasteiger partial charge in [0.25, 0.3) is 0 Å². The molecular formula is C66H57BN2. The molecule has 8 saturated carbocycles. The summed E-state index contributed by atoms with van der Waals surface area (Å²) in [6, 6.07) is 64.5. The summed E-state index contributed by atoms with van der Waals surface area (Å²) < 4.78 is 2.78. The van der Waals surface area contributed by atoms with Gasteiger partial charge in [0.15, 0.2) is 0 Å². The lowest BCUT2D eigenvalue weighted by Crippen LogP contribution is -2.61. The molecule has 8 bridgehead atoms. The highest BCUT2D eigenvalue weighted by Crippen LogP contribution is 2.63. The van der Waals surface area contributed by atoms with Gasteiger partial charge in [-0.2, -0.15) is 0 Å². The molecule has 0 radical (unpaired) electrons. The largest absolute Gasteiger partial charge is 0.376 e. The number of rotatable bonds is 5. The molecule has 69 heavy (non-hydrogen) atoms. The van der Waals surface area contributed by atoms with Gasteiger partial charge in [-0.1, -0.05) is 115 Å². The number of fused-ring (bicyclic) bond motifs is 9. The van der Waals surface area contributed by atoms with Crippen molar-refractivity contribution in [1.82, 2.24) is 4.57 Å². The zero-order valence-corrected chi connectivity index (χ0v) is 39.5. The minimum absolute atomic E-state index is 0.00754. The van der Waals surface area contributed by atoms with E-state index < -0.39 is 0 Å². The minimum Gasteiger partial charge on any atom is -0.376 e. The summed E-state index contributed by atoms with van der Waals surface area (Å²) >= 11 is 0. The van der Waals surface area contributed by atoms with Crippen LogP contribution < -0.4 is 15.7 Å². The third-order valence-corrected chi connectivity index (χ3v) is 20.2. The molecule has 1 aromatic heterocycles. The zero-order valence-electron chi connectivity index (χ0n) is 39.5. The molecule has 10 aliphatic rings. The van der Waals surface area contributed by atoms with Gasteiger partial charge in [-0.15, -0.1) is 0 Å². The molecular weight excluding hydrogens is 832 g/mol. The Morgan fingerprint density at radius 2 is 0.986 bits per heavy atom. The second kappa shape index (κ2) is 13.7. The molecule has 8 aromatic carbocycles. The van der Waals surface area contributed by atoms with Crippen molar-refractivity contribution < 1.29 is 0 Å². The summed E-state index contributed by atoms with van der Waals surface area (Å²) in [5.41, 5.74) is 21.4. The van der Waals surface area contributed by atoms with Crippen LogP contribution in [0.5, 0.6) is 0 Å². The highest BCUT2D eigenvalue weighted by Gasteiger charge is 2.54. The van der Waals surface area contributed by atoms with E-state index >= 15 is 0 Å². The van der Waals surface area contributed by atoms with Crippen LogP contribution in [0.2, 0.25) is 0 Å². The first kappa shape index (κ1) is 38.5. The van der Waals surface area contributed by atoms with Gasteiger partial charge in [-0.25, -0.2) is 0 Å².